The molecule has 63 heavy (non-hydrogen) atoms. The minimum absolute atomic E-state index is 1.10. The summed E-state index contributed by atoms with van der Waals surface area (Å²) < 4.78 is 7.60. The highest BCUT2D eigenvalue weighted by Crippen LogP contribution is 2.51. The SMILES string of the molecule is c1ccc(-n2c3ccccc3c3cc(N(c4cccc(-c5ccc6c(c5)Nc5c7sc8ccccc8c7cc7cccc-6c57)c4)c4ccc5c(c4)sc4ccccc45)ccc32)cc1. The Labute approximate surface area is 370 Å². The van der Waals surface area contributed by atoms with Gasteiger partial charge in [-0.25, -0.2) is 0 Å². The summed E-state index contributed by atoms with van der Waals surface area (Å²) in [5, 5.41) is 14.2. The van der Waals surface area contributed by atoms with Gasteiger partial charge in [-0.2, -0.15) is 0 Å². The van der Waals surface area contributed by atoms with Gasteiger partial charge in [-0.1, -0.05) is 121 Å². The van der Waals surface area contributed by atoms with Crippen LogP contribution in [0.25, 0.3) is 101 Å². The summed E-state index contributed by atoms with van der Waals surface area (Å²) in [6.45, 7) is 0. The third-order valence-corrected chi connectivity index (χ3v) is 15.4. The zero-order valence-electron chi connectivity index (χ0n) is 33.8. The van der Waals surface area contributed by atoms with Crippen LogP contribution in [0.4, 0.5) is 28.4 Å². The van der Waals surface area contributed by atoms with E-state index >= 15 is 0 Å². The summed E-state index contributed by atoms with van der Waals surface area (Å²) in [5.41, 5.74) is 14.1. The Morgan fingerprint density at radius 3 is 1.97 bits per heavy atom. The van der Waals surface area contributed by atoms with Gasteiger partial charge in [0, 0.05) is 85.8 Å². The third kappa shape index (κ3) is 5.24. The first-order valence-electron chi connectivity index (χ1n) is 21.4. The van der Waals surface area contributed by atoms with Crippen molar-refractivity contribution in [2.45, 2.75) is 0 Å². The Morgan fingerprint density at radius 1 is 0.397 bits per heavy atom. The first-order valence-corrected chi connectivity index (χ1v) is 23.0. The molecule has 0 fully saturated rings. The molecule has 0 radical (unpaired) electrons. The highest BCUT2D eigenvalue weighted by molar-refractivity contribution is 7.26. The molecule has 5 heteroatoms. The number of thiophene rings is 2. The highest BCUT2D eigenvalue weighted by Gasteiger charge is 2.24. The summed E-state index contributed by atoms with van der Waals surface area (Å²) in [7, 11) is 0. The van der Waals surface area contributed by atoms with Gasteiger partial charge in [-0.05, 0) is 107 Å². The van der Waals surface area contributed by atoms with Crippen LogP contribution in [0.5, 0.6) is 0 Å². The van der Waals surface area contributed by atoms with Crippen molar-refractivity contribution in [3.05, 3.63) is 206 Å². The lowest BCUT2D eigenvalue weighted by Gasteiger charge is -2.27. The van der Waals surface area contributed by atoms with Crippen LogP contribution in [-0.2, 0) is 0 Å². The van der Waals surface area contributed by atoms with E-state index < -0.39 is 0 Å². The number of nitrogens with one attached hydrogen (secondary N) is 1. The Kier molecular flexibility index (Phi) is 7.43. The van der Waals surface area contributed by atoms with Gasteiger partial charge in [0.05, 0.1) is 21.4 Å². The van der Waals surface area contributed by atoms with Gasteiger partial charge in [0.25, 0.3) is 0 Å². The van der Waals surface area contributed by atoms with E-state index in [1.165, 1.54) is 95.3 Å². The molecular weight excluding hydrogens is 803 g/mol. The minimum Gasteiger partial charge on any atom is -0.353 e. The summed E-state index contributed by atoms with van der Waals surface area (Å²) >= 11 is 3.74. The van der Waals surface area contributed by atoms with E-state index in [0.717, 1.165) is 34.0 Å². The fourth-order valence-corrected chi connectivity index (χ4v) is 12.6. The summed E-state index contributed by atoms with van der Waals surface area (Å²) in [5.74, 6) is 0. The molecule has 1 aliphatic heterocycles. The normalized spacial score (nSPS) is 12.3. The largest absolute Gasteiger partial charge is 0.353 e. The van der Waals surface area contributed by atoms with Gasteiger partial charge in [-0.15, -0.1) is 22.7 Å². The molecule has 0 unspecified atom stereocenters. The molecule has 4 heterocycles. The lowest BCUT2D eigenvalue weighted by Crippen LogP contribution is -2.10. The van der Waals surface area contributed by atoms with Crippen molar-refractivity contribution in [3.63, 3.8) is 0 Å². The number of hydrogen-bond acceptors (Lipinski definition) is 4. The van der Waals surface area contributed by atoms with Crippen molar-refractivity contribution in [1.29, 1.82) is 0 Å². The molecule has 0 bridgehead atoms. The predicted molar refractivity (Wildman–Crippen MR) is 273 cm³/mol. The van der Waals surface area contributed by atoms with Crippen LogP contribution in [0.2, 0.25) is 0 Å². The molecule has 1 aliphatic rings. The topological polar surface area (TPSA) is 20.2 Å². The van der Waals surface area contributed by atoms with Crippen LogP contribution < -0.4 is 10.2 Å². The molecule has 294 valence electrons. The van der Waals surface area contributed by atoms with Gasteiger partial charge in [0.2, 0.25) is 0 Å². The lowest BCUT2D eigenvalue weighted by atomic mass is 9.90. The van der Waals surface area contributed by atoms with Crippen molar-refractivity contribution in [2.24, 2.45) is 0 Å². The quantitative estimate of drug-likeness (QED) is 0.186. The average molecular weight is 838 g/mol. The first-order chi connectivity index (χ1) is 31.2. The number of nitrogens with zero attached hydrogens (tertiary/aromatic N) is 2. The van der Waals surface area contributed by atoms with Gasteiger partial charge < -0.3 is 14.8 Å². The van der Waals surface area contributed by atoms with E-state index in [2.05, 4.69) is 221 Å². The number of rotatable bonds is 5. The molecular formula is C58H35N3S2. The van der Waals surface area contributed by atoms with Crippen molar-refractivity contribution < 1.29 is 0 Å². The van der Waals surface area contributed by atoms with Crippen LogP contribution in [0, 0.1) is 0 Å². The fourth-order valence-electron chi connectivity index (χ4n) is 10.3. The number of anilines is 5. The second-order valence-corrected chi connectivity index (χ2v) is 18.7. The maximum atomic E-state index is 3.98. The van der Waals surface area contributed by atoms with Gasteiger partial charge >= 0.3 is 0 Å². The maximum absolute atomic E-state index is 3.98. The van der Waals surface area contributed by atoms with Crippen LogP contribution in [0.1, 0.15) is 0 Å². The molecule has 10 aromatic carbocycles. The lowest BCUT2D eigenvalue weighted by molar-refractivity contribution is 1.18. The Balaban J connectivity index is 0.936. The number of fused-ring (bicyclic) bond motifs is 12. The average Bonchev–Trinajstić information content (AvgIpc) is 4.01. The Hall–Kier alpha value is -7.70. The monoisotopic (exact) mass is 837 g/mol. The highest BCUT2D eigenvalue weighted by atomic mass is 32.1. The molecule has 0 saturated heterocycles. The number of para-hydroxylation sites is 2. The summed E-state index contributed by atoms with van der Waals surface area (Å²) in [6, 6.07) is 76.1. The van der Waals surface area contributed by atoms with E-state index in [-0.39, 0.29) is 0 Å². The van der Waals surface area contributed by atoms with E-state index in [9.17, 15) is 0 Å². The first kappa shape index (κ1) is 35.0. The molecule has 0 spiro atoms. The minimum atomic E-state index is 1.10. The van der Waals surface area contributed by atoms with Crippen LogP contribution in [0.15, 0.2) is 206 Å². The molecule has 13 aromatic rings. The van der Waals surface area contributed by atoms with Crippen LogP contribution in [-0.4, -0.2) is 4.57 Å². The predicted octanol–water partition coefficient (Wildman–Crippen LogP) is 17.5. The molecule has 0 amide bonds. The van der Waals surface area contributed by atoms with E-state index in [4.69, 9.17) is 0 Å². The number of benzene rings is 10. The second kappa shape index (κ2) is 13.4. The maximum Gasteiger partial charge on any atom is 0.0652 e. The van der Waals surface area contributed by atoms with Crippen molar-refractivity contribution >= 4 is 124 Å². The van der Waals surface area contributed by atoms with E-state index in [1.54, 1.807) is 0 Å². The molecule has 3 aromatic heterocycles. The van der Waals surface area contributed by atoms with E-state index in [1.807, 2.05) is 22.7 Å². The Morgan fingerprint density at radius 2 is 1.08 bits per heavy atom. The number of hydrogen-bond donors (Lipinski definition) is 1. The van der Waals surface area contributed by atoms with Gasteiger partial charge in [0.15, 0.2) is 0 Å². The summed E-state index contributed by atoms with van der Waals surface area (Å²) in [6.07, 6.45) is 0. The van der Waals surface area contributed by atoms with Gasteiger partial charge in [-0.3, -0.25) is 0 Å². The molecule has 14 rings (SSSR count). The third-order valence-electron chi connectivity index (χ3n) is 13.1. The van der Waals surface area contributed by atoms with E-state index in [0.29, 0.717) is 0 Å². The molecule has 3 nitrogen and oxygen atoms in total. The smallest absolute Gasteiger partial charge is 0.0652 e. The van der Waals surface area contributed by atoms with Gasteiger partial charge in [0.1, 0.15) is 0 Å². The fraction of sp³-hybridized carbons (Fsp3) is 0. The zero-order chi connectivity index (χ0) is 41.2. The van der Waals surface area contributed by atoms with Crippen molar-refractivity contribution in [2.75, 3.05) is 10.2 Å². The molecule has 0 saturated carbocycles. The zero-order valence-corrected chi connectivity index (χ0v) is 35.5. The standard InChI is InChI=1S/C58H35N3S2/c1-2-14-38(15-3-1)61-51-21-7-4-17-43(51)48-33-40(26-29-52(48)61)60(41-25-28-46-44-18-5-8-22-53(44)62-55(46)34-41)39-16-10-12-35(30-39)36-24-27-42-47-20-11-13-37-31-49-45-19-6-9-23-54(45)63-58(49)57(56(37)47)59-50(42)32-36/h1-34,59H. The van der Waals surface area contributed by atoms with Crippen molar-refractivity contribution in [1.82, 2.24) is 4.57 Å². The second-order valence-electron chi connectivity index (χ2n) is 16.6. The van der Waals surface area contributed by atoms with Crippen LogP contribution in [0.3, 0.4) is 0 Å². The molecule has 0 aliphatic carbocycles. The summed E-state index contributed by atoms with van der Waals surface area (Å²) in [4.78, 5) is 2.44. The Bertz CT molecular complexity index is 4020. The van der Waals surface area contributed by atoms with Crippen molar-refractivity contribution in [3.8, 4) is 27.9 Å². The number of aromatic nitrogens is 1. The molecule has 0 atom stereocenters. The van der Waals surface area contributed by atoms with Crippen LogP contribution >= 0.6 is 22.7 Å². The molecule has 1 N–H and O–H groups in total.